The lowest BCUT2D eigenvalue weighted by Crippen LogP contribution is -2.04. The van der Waals surface area contributed by atoms with Gasteiger partial charge in [0.2, 0.25) is 0 Å². The zero-order chi connectivity index (χ0) is 18.8. The van der Waals surface area contributed by atoms with Crippen molar-refractivity contribution in [3.8, 4) is 0 Å². The van der Waals surface area contributed by atoms with Gasteiger partial charge in [-0.2, -0.15) is 0 Å². The van der Waals surface area contributed by atoms with Gasteiger partial charge in [-0.05, 0) is 51.0 Å². The molecule has 0 fully saturated rings. The van der Waals surface area contributed by atoms with Crippen molar-refractivity contribution in [2.45, 2.75) is 85.0 Å². The Morgan fingerprint density at radius 2 is 1.56 bits per heavy atom. The van der Waals surface area contributed by atoms with Gasteiger partial charge in [-0.3, -0.25) is 4.79 Å². The fraction of sp³-hybridized carbons (Fsp3) is 0.636. The molecule has 3 heteroatoms. The lowest BCUT2D eigenvalue weighted by atomic mass is 10.1. The summed E-state index contributed by atoms with van der Waals surface area (Å²) in [6.07, 6.45) is 10.0. The summed E-state index contributed by atoms with van der Waals surface area (Å²) >= 11 is 0. The van der Waals surface area contributed by atoms with Gasteiger partial charge in [0.25, 0.3) is 0 Å². The summed E-state index contributed by atoms with van der Waals surface area (Å²) in [5.41, 5.74) is 1.38. The topological polar surface area (TPSA) is 43.4 Å². The quantitative estimate of drug-likeness (QED) is 0.349. The van der Waals surface area contributed by atoms with Crippen LogP contribution in [0.5, 0.6) is 0 Å². The number of rotatable bonds is 12. The first-order chi connectivity index (χ1) is 12.1. The Morgan fingerprint density at radius 1 is 0.840 bits per heavy atom. The van der Waals surface area contributed by atoms with E-state index in [1.165, 1.54) is 18.4 Å². The number of unbranched alkanes of at least 4 members (excludes halogenated alkanes) is 4. The summed E-state index contributed by atoms with van der Waals surface area (Å²) in [5, 5.41) is 0. The van der Waals surface area contributed by atoms with Crippen molar-refractivity contribution in [3.63, 3.8) is 0 Å². The molecule has 0 spiro atoms. The second-order valence-corrected chi connectivity index (χ2v) is 6.43. The van der Waals surface area contributed by atoms with Crippen LogP contribution in [0, 0.1) is 0 Å². The molecular weight excluding hydrogens is 312 g/mol. The Kier molecular flexibility index (Phi) is 16.1. The molecule has 142 valence electrons. The van der Waals surface area contributed by atoms with E-state index in [-0.39, 0.29) is 5.97 Å². The van der Waals surface area contributed by atoms with Crippen molar-refractivity contribution >= 4 is 11.8 Å². The highest BCUT2D eigenvalue weighted by atomic mass is 16.5. The molecule has 0 aliphatic carbocycles. The zero-order valence-electron chi connectivity index (χ0n) is 16.4. The van der Waals surface area contributed by atoms with Gasteiger partial charge in [-0.25, -0.2) is 0 Å². The highest BCUT2D eigenvalue weighted by molar-refractivity contribution is 5.75. The highest BCUT2D eigenvalue weighted by Crippen LogP contribution is 2.06. The monoisotopic (exact) mass is 348 g/mol. The van der Waals surface area contributed by atoms with E-state index in [2.05, 4.69) is 31.2 Å². The molecule has 0 aromatic heterocycles. The van der Waals surface area contributed by atoms with Crippen molar-refractivity contribution in [1.82, 2.24) is 0 Å². The van der Waals surface area contributed by atoms with E-state index >= 15 is 0 Å². The summed E-state index contributed by atoms with van der Waals surface area (Å²) in [4.78, 5) is 21.4. The van der Waals surface area contributed by atoms with Crippen molar-refractivity contribution in [1.29, 1.82) is 0 Å². The Balaban J connectivity index is 0.000000609. The number of benzene rings is 1. The highest BCUT2D eigenvalue weighted by Gasteiger charge is 1.99. The van der Waals surface area contributed by atoms with Gasteiger partial charge in [-0.1, -0.05) is 57.0 Å². The van der Waals surface area contributed by atoms with Gasteiger partial charge in [0.15, 0.2) is 0 Å². The van der Waals surface area contributed by atoms with Crippen molar-refractivity contribution in [2.75, 3.05) is 6.61 Å². The SMILES string of the molecule is CCCC(=O)OCCCCCc1ccccc1.CCCCCC(C)=O. The number of carbonyl (C=O) groups is 2. The van der Waals surface area contributed by atoms with E-state index in [9.17, 15) is 9.59 Å². The third kappa shape index (κ3) is 17.0. The fourth-order valence-corrected chi connectivity index (χ4v) is 2.34. The lowest BCUT2D eigenvalue weighted by Gasteiger charge is -2.04. The molecule has 0 saturated heterocycles. The molecule has 0 atom stereocenters. The van der Waals surface area contributed by atoms with Crippen LogP contribution in [0.4, 0.5) is 0 Å². The first-order valence-corrected chi connectivity index (χ1v) is 9.79. The van der Waals surface area contributed by atoms with Gasteiger partial charge in [-0.15, -0.1) is 0 Å². The Bertz CT molecular complexity index is 440. The van der Waals surface area contributed by atoms with Crippen LogP contribution in [0.25, 0.3) is 0 Å². The first-order valence-electron chi connectivity index (χ1n) is 9.79. The van der Waals surface area contributed by atoms with Crippen LogP contribution in [0.2, 0.25) is 0 Å². The maximum atomic E-state index is 11.1. The van der Waals surface area contributed by atoms with Gasteiger partial charge < -0.3 is 9.53 Å². The van der Waals surface area contributed by atoms with E-state index in [4.69, 9.17) is 4.74 Å². The van der Waals surface area contributed by atoms with Crippen molar-refractivity contribution < 1.29 is 14.3 Å². The number of ketones is 1. The van der Waals surface area contributed by atoms with Crippen molar-refractivity contribution in [2.24, 2.45) is 0 Å². The number of hydrogen-bond donors (Lipinski definition) is 0. The van der Waals surface area contributed by atoms with Crippen molar-refractivity contribution in [3.05, 3.63) is 35.9 Å². The maximum Gasteiger partial charge on any atom is 0.305 e. The number of hydrogen-bond acceptors (Lipinski definition) is 3. The summed E-state index contributed by atoms with van der Waals surface area (Å²) in [6, 6.07) is 10.5. The number of aryl methyl sites for hydroxylation is 1. The Hall–Kier alpha value is -1.64. The second-order valence-electron chi connectivity index (χ2n) is 6.43. The average Bonchev–Trinajstić information content (AvgIpc) is 2.60. The van der Waals surface area contributed by atoms with E-state index in [1.54, 1.807) is 6.92 Å². The molecule has 0 heterocycles. The fourth-order valence-electron chi connectivity index (χ4n) is 2.34. The third-order valence-corrected chi connectivity index (χ3v) is 3.80. The Labute approximate surface area is 154 Å². The minimum absolute atomic E-state index is 0.0597. The molecule has 0 saturated carbocycles. The molecule has 1 aromatic rings. The van der Waals surface area contributed by atoms with E-state index in [0.717, 1.165) is 44.9 Å². The normalized spacial score (nSPS) is 9.88. The molecule has 0 radical (unpaired) electrons. The summed E-state index contributed by atoms with van der Waals surface area (Å²) < 4.78 is 5.10. The maximum absolute atomic E-state index is 11.1. The van der Waals surface area contributed by atoms with Crippen LogP contribution in [0.1, 0.15) is 84.1 Å². The number of Topliss-reactive ketones (excluding diaryl/α,β-unsaturated/α-hetero) is 1. The molecule has 3 nitrogen and oxygen atoms in total. The minimum Gasteiger partial charge on any atom is -0.466 e. The zero-order valence-corrected chi connectivity index (χ0v) is 16.4. The van der Waals surface area contributed by atoms with E-state index in [0.29, 0.717) is 18.8 Å². The number of carbonyl (C=O) groups excluding carboxylic acids is 2. The second kappa shape index (κ2) is 17.2. The average molecular weight is 349 g/mol. The smallest absolute Gasteiger partial charge is 0.305 e. The largest absolute Gasteiger partial charge is 0.466 e. The first kappa shape index (κ1) is 23.4. The lowest BCUT2D eigenvalue weighted by molar-refractivity contribution is -0.143. The molecular formula is C22H36O3. The van der Waals surface area contributed by atoms with Crippen LogP contribution in [-0.2, 0) is 20.7 Å². The van der Waals surface area contributed by atoms with Gasteiger partial charge in [0, 0.05) is 12.8 Å². The molecule has 1 aromatic carbocycles. The number of esters is 1. The predicted molar refractivity (Wildman–Crippen MR) is 105 cm³/mol. The van der Waals surface area contributed by atoms with Gasteiger partial charge >= 0.3 is 5.97 Å². The minimum atomic E-state index is -0.0597. The van der Waals surface area contributed by atoms with Crippen LogP contribution in [0.3, 0.4) is 0 Å². The number of ether oxygens (including phenoxy) is 1. The van der Waals surface area contributed by atoms with Crippen LogP contribution >= 0.6 is 0 Å². The van der Waals surface area contributed by atoms with Crippen LogP contribution < -0.4 is 0 Å². The molecule has 0 N–H and O–H groups in total. The summed E-state index contributed by atoms with van der Waals surface area (Å²) in [5.74, 6) is 0.258. The predicted octanol–water partition coefficient (Wildman–Crippen LogP) is 5.90. The molecule has 0 aliphatic heterocycles. The molecule has 0 unspecified atom stereocenters. The molecule has 1 rings (SSSR count). The van der Waals surface area contributed by atoms with E-state index in [1.807, 2.05) is 13.0 Å². The summed E-state index contributed by atoms with van der Waals surface area (Å²) in [7, 11) is 0. The molecule has 0 amide bonds. The summed E-state index contributed by atoms with van der Waals surface area (Å²) in [6.45, 7) is 6.35. The third-order valence-electron chi connectivity index (χ3n) is 3.80. The molecule has 0 aliphatic rings. The molecule has 0 bridgehead atoms. The van der Waals surface area contributed by atoms with Crippen LogP contribution in [0.15, 0.2) is 30.3 Å². The van der Waals surface area contributed by atoms with Crippen LogP contribution in [-0.4, -0.2) is 18.4 Å². The standard InChI is InChI=1S/C15H22O2.C7H14O/c1-2-9-15(16)17-13-8-4-7-12-14-10-5-3-6-11-14;1-3-4-5-6-7(2)8/h3,5-6,10-11H,2,4,7-9,12-13H2,1H3;3-6H2,1-2H3. The van der Waals surface area contributed by atoms with E-state index < -0.39 is 0 Å². The van der Waals surface area contributed by atoms with Gasteiger partial charge in [0.1, 0.15) is 5.78 Å². The van der Waals surface area contributed by atoms with Gasteiger partial charge in [0.05, 0.1) is 6.61 Å². The Morgan fingerprint density at radius 3 is 2.16 bits per heavy atom. The molecule has 25 heavy (non-hydrogen) atoms.